The van der Waals surface area contributed by atoms with Gasteiger partial charge in [-0.3, -0.25) is 14.4 Å². The van der Waals surface area contributed by atoms with E-state index in [0.29, 0.717) is 67.5 Å². The summed E-state index contributed by atoms with van der Waals surface area (Å²) in [6.45, 7) is 11.6. The number of nitrogens with one attached hydrogen (secondary N) is 4. The number of likely N-dealkylation sites (N-methyl/N-ethyl adjacent to an activating group) is 1. The lowest BCUT2D eigenvalue weighted by Crippen LogP contribution is -2.47. The summed E-state index contributed by atoms with van der Waals surface area (Å²) in [6, 6.07) is 5.68. The molecule has 0 saturated carbocycles. The molecule has 326 valence electrons. The van der Waals surface area contributed by atoms with E-state index in [-0.39, 0.29) is 53.1 Å². The summed E-state index contributed by atoms with van der Waals surface area (Å²) in [5, 5.41) is 5.80. The number of benzene rings is 1. The summed E-state index contributed by atoms with van der Waals surface area (Å²) in [5.74, 6) is 1.91. The Kier molecular flexibility index (Phi) is 16.7. The summed E-state index contributed by atoms with van der Waals surface area (Å²) in [6.07, 6.45) is 3.62. The Morgan fingerprint density at radius 2 is 1.47 bits per heavy atom. The van der Waals surface area contributed by atoms with Gasteiger partial charge in [0.15, 0.2) is 5.82 Å². The Hall–Kier alpha value is -5.85. The third kappa shape index (κ3) is 11.7. The molecule has 0 radical (unpaired) electrons. The van der Waals surface area contributed by atoms with E-state index >= 15 is 0 Å². The molecule has 3 amide bonds. The number of halogens is 3. The molecule has 2 saturated heterocycles. The molecule has 2 unspecified atom stereocenters. The van der Waals surface area contributed by atoms with Crippen molar-refractivity contribution in [3.8, 4) is 33.9 Å². The first kappa shape index (κ1) is 46.8. The van der Waals surface area contributed by atoms with Gasteiger partial charge < -0.3 is 39.9 Å². The van der Waals surface area contributed by atoms with Crippen molar-refractivity contribution in [2.75, 3.05) is 34.4 Å². The highest BCUT2D eigenvalue weighted by atomic mass is 19.4. The third-order valence-corrected chi connectivity index (χ3v) is 10.4. The van der Waals surface area contributed by atoms with Crippen LogP contribution in [0.2, 0.25) is 0 Å². The first-order valence-corrected chi connectivity index (χ1v) is 19.7. The standard InChI is InChI=1S/C32H36F3N9O2.C7H15NO2.C2H4O2/c1-18(2)25(36-3)31(46)44-13-5-7-24(44)29-39-16-22(40-29)21-14-37-28(38-15-21)20-10-8-19(9-11-20)26-27(32(33,34)35)42-30(41-26)23-6-4-12-43(23)17-45;1-5(2)6(3)8-7(9)10-4;1-4-2-3/h8-11,14-18,23-25,36H,4-7,12-13H2,1-3H3,(H,39,40)(H,41,42);5-6H,1-4H3,(H,8,9);2H,1H3/t23-,24-,25?;;/m0../s1. The molecule has 60 heavy (non-hydrogen) atoms. The molecule has 1 aromatic carbocycles. The van der Waals surface area contributed by atoms with Crippen LogP contribution in [-0.4, -0.2) is 111 Å². The van der Waals surface area contributed by atoms with Crippen molar-refractivity contribution in [3.63, 3.8) is 0 Å². The Balaban J connectivity index is 0.000000488. The zero-order valence-corrected chi connectivity index (χ0v) is 35.2. The van der Waals surface area contributed by atoms with E-state index in [2.05, 4.69) is 50.0 Å². The number of amides is 3. The van der Waals surface area contributed by atoms with Gasteiger partial charge in [-0.2, -0.15) is 13.2 Å². The van der Waals surface area contributed by atoms with Gasteiger partial charge in [-0.1, -0.05) is 52.0 Å². The van der Waals surface area contributed by atoms with Crippen LogP contribution in [0.5, 0.6) is 0 Å². The maximum Gasteiger partial charge on any atom is 0.433 e. The number of imidazole rings is 2. The first-order valence-electron chi connectivity index (χ1n) is 19.7. The molecule has 16 nitrogen and oxygen atoms in total. The highest BCUT2D eigenvalue weighted by molar-refractivity contribution is 5.83. The molecule has 4 N–H and O–H groups in total. The molecular weight excluding hydrogens is 786 g/mol. The van der Waals surface area contributed by atoms with Crippen molar-refractivity contribution >= 4 is 24.9 Å². The van der Waals surface area contributed by atoms with Crippen LogP contribution in [-0.2, 0) is 30.0 Å². The minimum atomic E-state index is -4.65. The van der Waals surface area contributed by atoms with Crippen LogP contribution < -0.4 is 10.6 Å². The molecule has 4 aromatic rings. The smallest absolute Gasteiger partial charge is 0.433 e. The number of alkyl carbamates (subject to hydrolysis) is 1. The van der Waals surface area contributed by atoms with E-state index in [4.69, 9.17) is 4.79 Å². The van der Waals surface area contributed by atoms with Crippen LogP contribution in [0.3, 0.4) is 0 Å². The van der Waals surface area contributed by atoms with Crippen molar-refractivity contribution in [1.29, 1.82) is 0 Å². The fourth-order valence-electron chi connectivity index (χ4n) is 6.87. The number of hydrogen-bond acceptors (Lipinski definition) is 11. The maximum absolute atomic E-state index is 14.0. The van der Waals surface area contributed by atoms with Crippen molar-refractivity contribution < 1.29 is 41.8 Å². The number of carbonyl (C=O) groups is 4. The van der Waals surface area contributed by atoms with Crippen molar-refractivity contribution in [1.82, 2.24) is 50.3 Å². The van der Waals surface area contributed by atoms with Crippen LogP contribution >= 0.6 is 0 Å². The quantitative estimate of drug-likeness (QED) is 0.116. The molecule has 2 aliphatic rings. The highest BCUT2D eigenvalue weighted by Gasteiger charge is 2.40. The van der Waals surface area contributed by atoms with E-state index in [1.54, 1.807) is 49.9 Å². The van der Waals surface area contributed by atoms with Gasteiger partial charge in [-0.05, 0) is 51.5 Å². The lowest BCUT2D eigenvalue weighted by atomic mass is 10.0. The Labute approximate surface area is 347 Å². The van der Waals surface area contributed by atoms with Gasteiger partial charge in [0.05, 0.1) is 44.2 Å². The van der Waals surface area contributed by atoms with E-state index < -0.39 is 17.9 Å². The molecule has 0 bridgehead atoms. The van der Waals surface area contributed by atoms with Gasteiger partial charge in [0.25, 0.3) is 6.47 Å². The van der Waals surface area contributed by atoms with Crippen LogP contribution in [0, 0.1) is 11.8 Å². The summed E-state index contributed by atoms with van der Waals surface area (Å²) in [5.41, 5.74) is 1.17. The second-order valence-corrected chi connectivity index (χ2v) is 15.1. The minimum absolute atomic E-state index is 0.0670. The number of methoxy groups -OCH3 is 2. The molecule has 2 fully saturated rings. The first-order chi connectivity index (χ1) is 28.6. The summed E-state index contributed by atoms with van der Waals surface area (Å²) in [4.78, 5) is 71.2. The Bertz CT molecular complexity index is 2000. The van der Waals surface area contributed by atoms with Gasteiger partial charge in [0.2, 0.25) is 12.3 Å². The number of aromatic nitrogens is 6. The molecule has 5 heterocycles. The fourth-order valence-corrected chi connectivity index (χ4v) is 6.87. The van der Waals surface area contributed by atoms with Crippen molar-refractivity contribution in [3.05, 3.63) is 60.2 Å². The van der Waals surface area contributed by atoms with E-state index in [9.17, 15) is 27.6 Å². The monoisotopic (exact) mass is 840 g/mol. The summed E-state index contributed by atoms with van der Waals surface area (Å²) >= 11 is 0. The number of carbonyl (C=O) groups excluding carboxylic acids is 4. The topological polar surface area (TPSA) is 200 Å². The fraction of sp³-hybridized carbons (Fsp3) is 0.512. The number of rotatable bonds is 12. The maximum atomic E-state index is 14.0. The number of ether oxygens (including phenoxy) is 2. The highest BCUT2D eigenvalue weighted by Crippen LogP contribution is 2.39. The number of likely N-dealkylation sites (tertiary alicyclic amines) is 2. The van der Waals surface area contributed by atoms with Crippen LogP contribution in [0.15, 0.2) is 42.9 Å². The van der Waals surface area contributed by atoms with E-state index in [1.165, 1.54) is 19.1 Å². The van der Waals surface area contributed by atoms with Crippen LogP contribution in [0.1, 0.15) is 89.7 Å². The predicted octanol–water partition coefficient (Wildman–Crippen LogP) is 6.32. The number of H-pyrrole nitrogens is 2. The normalized spacial score (nSPS) is 17.3. The molecule has 0 spiro atoms. The molecular formula is C41H55F3N10O6. The lowest BCUT2D eigenvalue weighted by Gasteiger charge is -2.29. The van der Waals surface area contributed by atoms with Gasteiger partial charge in [-0.25, -0.2) is 24.7 Å². The molecule has 19 heteroatoms. The average Bonchev–Trinajstić information content (AvgIpc) is 4.07. The van der Waals surface area contributed by atoms with Crippen molar-refractivity contribution in [2.45, 2.75) is 90.6 Å². The number of aromatic amines is 2. The van der Waals surface area contributed by atoms with Gasteiger partial charge in [0.1, 0.15) is 23.0 Å². The van der Waals surface area contributed by atoms with Gasteiger partial charge in [0, 0.05) is 48.2 Å². The van der Waals surface area contributed by atoms with Crippen molar-refractivity contribution in [2.24, 2.45) is 11.8 Å². The second kappa shape index (κ2) is 21.4. The zero-order chi connectivity index (χ0) is 44.1. The van der Waals surface area contributed by atoms with Crippen LogP contribution in [0.4, 0.5) is 18.0 Å². The molecule has 0 aliphatic carbocycles. The number of nitrogens with zero attached hydrogens (tertiary/aromatic N) is 6. The summed E-state index contributed by atoms with van der Waals surface area (Å²) < 4.78 is 50.1. The molecule has 3 aromatic heterocycles. The Morgan fingerprint density at radius 1 is 0.850 bits per heavy atom. The lowest BCUT2D eigenvalue weighted by molar-refractivity contribution is -0.140. The predicted molar refractivity (Wildman–Crippen MR) is 217 cm³/mol. The molecule has 4 atom stereocenters. The minimum Gasteiger partial charge on any atom is -0.471 e. The largest absolute Gasteiger partial charge is 0.471 e. The number of alkyl halides is 3. The summed E-state index contributed by atoms with van der Waals surface area (Å²) in [7, 11) is 4.48. The number of hydrogen-bond donors (Lipinski definition) is 4. The average molecular weight is 841 g/mol. The van der Waals surface area contributed by atoms with Gasteiger partial charge in [-0.15, -0.1) is 0 Å². The SMILES string of the molecule is CNC(C(=O)N1CCC[C@H]1c1ncc(-c2cnc(-c3ccc(-c4nc([C@@H]5CCCN5C=O)[nH]c4C(F)(F)F)cc3)nc2)[nH]1)C(C)C.COC(=O)NC(C)C(C)C.COC=O. The van der Waals surface area contributed by atoms with Gasteiger partial charge >= 0.3 is 12.3 Å². The Morgan fingerprint density at radius 3 is 2.02 bits per heavy atom. The molecule has 2 aliphatic heterocycles. The zero-order valence-electron chi connectivity index (χ0n) is 35.2. The van der Waals surface area contributed by atoms with E-state index in [1.807, 2.05) is 39.5 Å². The van der Waals surface area contributed by atoms with Crippen LogP contribution in [0.25, 0.3) is 33.9 Å². The van der Waals surface area contributed by atoms with E-state index in [0.717, 1.165) is 18.5 Å². The molecule has 6 rings (SSSR count). The second-order valence-electron chi connectivity index (χ2n) is 15.1. The third-order valence-electron chi connectivity index (χ3n) is 10.4.